The molecule has 2 amide bonds. The number of nitrogens with zero attached hydrogens (tertiary/aromatic N) is 4. The van der Waals surface area contributed by atoms with Crippen molar-refractivity contribution >= 4 is 40.7 Å². The van der Waals surface area contributed by atoms with E-state index >= 15 is 0 Å². The number of non-ortho nitro benzene ring substituents is 1. The molecule has 0 saturated carbocycles. The normalized spacial score (nSPS) is 14.6. The van der Waals surface area contributed by atoms with Crippen molar-refractivity contribution in [2.45, 2.75) is 12.5 Å². The Kier molecular flexibility index (Phi) is 5.26. The van der Waals surface area contributed by atoms with Gasteiger partial charge in [0.1, 0.15) is 11.8 Å². The topological polar surface area (TPSA) is 141 Å². The van der Waals surface area contributed by atoms with Crippen LogP contribution >= 0.6 is 11.6 Å². The van der Waals surface area contributed by atoms with Crippen LogP contribution in [0.2, 0.25) is 5.02 Å². The van der Waals surface area contributed by atoms with E-state index in [1.807, 2.05) is 0 Å². The summed E-state index contributed by atoms with van der Waals surface area (Å²) in [7, 11) is 1.33. The van der Waals surface area contributed by atoms with Crippen LogP contribution in [0.1, 0.15) is 12.5 Å². The smallest absolute Gasteiger partial charge is 0.273 e. The van der Waals surface area contributed by atoms with Crippen LogP contribution in [0.5, 0.6) is 5.75 Å². The number of fused-ring (bicyclic) bond motifs is 1. The van der Waals surface area contributed by atoms with Gasteiger partial charge in [0.25, 0.3) is 11.6 Å². The summed E-state index contributed by atoms with van der Waals surface area (Å²) in [6.07, 6.45) is -0.220. The van der Waals surface area contributed by atoms with Crippen LogP contribution in [0.4, 0.5) is 17.3 Å². The number of rotatable bonds is 6. The van der Waals surface area contributed by atoms with Gasteiger partial charge in [-0.05, 0) is 30.3 Å². The molecule has 2 heterocycles. The minimum absolute atomic E-state index is 0.130. The first-order chi connectivity index (χ1) is 14.9. The highest BCUT2D eigenvalue weighted by Gasteiger charge is 2.35. The summed E-state index contributed by atoms with van der Waals surface area (Å²) in [5.41, 5.74) is 0.781. The van der Waals surface area contributed by atoms with Crippen LogP contribution in [0.3, 0.4) is 0 Å². The first-order valence-electron chi connectivity index (χ1n) is 9.01. The molecule has 0 aliphatic carbocycles. The van der Waals surface area contributed by atoms with E-state index in [9.17, 15) is 19.7 Å². The zero-order valence-corrected chi connectivity index (χ0v) is 16.8. The molecular formula is C19H15ClN6O5. The Bertz CT molecular complexity index is 1190. The molecule has 0 fully saturated rings. The Morgan fingerprint density at radius 1 is 1.32 bits per heavy atom. The Hall–Kier alpha value is -3.99. The fourth-order valence-corrected chi connectivity index (χ4v) is 3.23. The molecule has 158 valence electrons. The molecule has 1 aliphatic rings. The van der Waals surface area contributed by atoms with E-state index in [0.717, 1.165) is 0 Å². The van der Waals surface area contributed by atoms with Crippen LogP contribution in [0.25, 0.3) is 11.4 Å². The number of nitrogens with one attached hydrogen (secondary N) is 2. The summed E-state index contributed by atoms with van der Waals surface area (Å²) in [6, 6.07) is 9.81. The number of methoxy groups -OCH3 is 1. The van der Waals surface area contributed by atoms with Crippen LogP contribution in [0, 0.1) is 10.1 Å². The Morgan fingerprint density at radius 2 is 2.06 bits per heavy atom. The highest BCUT2D eigenvalue weighted by atomic mass is 35.5. The van der Waals surface area contributed by atoms with Gasteiger partial charge in [-0.25, -0.2) is 4.68 Å². The molecule has 2 N–H and O–H groups in total. The summed E-state index contributed by atoms with van der Waals surface area (Å²) in [5.74, 6) is -0.160. The fourth-order valence-electron chi connectivity index (χ4n) is 3.10. The SMILES string of the molecule is COc1cc([N+](=O)[O-])ccc1NC(=O)C[C@H]1C(=O)Nc2nc(-c3ccc(Cl)cc3)nn21. The molecular weight excluding hydrogens is 428 g/mol. The van der Waals surface area contributed by atoms with Crippen molar-refractivity contribution in [3.63, 3.8) is 0 Å². The minimum atomic E-state index is -0.896. The van der Waals surface area contributed by atoms with E-state index in [0.29, 0.717) is 16.4 Å². The number of carbonyl (C=O) groups excluding carboxylic acids is 2. The molecule has 11 nitrogen and oxygen atoms in total. The number of ether oxygens (including phenoxy) is 1. The van der Waals surface area contributed by atoms with E-state index in [1.54, 1.807) is 24.3 Å². The Balaban J connectivity index is 1.51. The van der Waals surface area contributed by atoms with Gasteiger partial charge in [-0.2, -0.15) is 4.98 Å². The first-order valence-corrected chi connectivity index (χ1v) is 9.39. The lowest BCUT2D eigenvalue weighted by atomic mass is 10.2. The van der Waals surface area contributed by atoms with Gasteiger partial charge in [0.15, 0.2) is 5.82 Å². The number of nitro benzene ring substituents is 1. The quantitative estimate of drug-likeness (QED) is 0.441. The summed E-state index contributed by atoms with van der Waals surface area (Å²) in [6.45, 7) is 0. The van der Waals surface area contributed by atoms with Crippen molar-refractivity contribution in [3.05, 3.63) is 57.6 Å². The summed E-state index contributed by atoms with van der Waals surface area (Å²) in [4.78, 5) is 39.5. The zero-order valence-electron chi connectivity index (χ0n) is 16.0. The van der Waals surface area contributed by atoms with Gasteiger partial charge in [0.05, 0.1) is 30.2 Å². The third-order valence-electron chi connectivity index (χ3n) is 4.62. The Labute approximate surface area is 180 Å². The molecule has 12 heteroatoms. The number of hydrogen-bond donors (Lipinski definition) is 2. The third kappa shape index (κ3) is 4.03. The van der Waals surface area contributed by atoms with E-state index in [4.69, 9.17) is 16.3 Å². The molecule has 0 spiro atoms. The summed E-state index contributed by atoms with van der Waals surface area (Å²) in [5, 5.41) is 21.0. The molecule has 2 aromatic carbocycles. The monoisotopic (exact) mass is 442 g/mol. The Morgan fingerprint density at radius 3 is 2.74 bits per heavy atom. The number of nitro groups is 1. The van der Waals surface area contributed by atoms with Gasteiger partial charge in [-0.3, -0.25) is 25.0 Å². The van der Waals surface area contributed by atoms with Gasteiger partial charge in [-0.15, -0.1) is 5.10 Å². The van der Waals surface area contributed by atoms with E-state index in [-0.39, 0.29) is 29.5 Å². The van der Waals surface area contributed by atoms with Crippen molar-refractivity contribution in [1.29, 1.82) is 0 Å². The minimum Gasteiger partial charge on any atom is -0.494 e. The number of anilines is 2. The average Bonchev–Trinajstić information content (AvgIpc) is 3.27. The number of aromatic nitrogens is 3. The van der Waals surface area contributed by atoms with E-state index < -0.39 is 22.8 Å². The van der Waals surface area contributed by atoms with Crippen molar-refractivity contribution in [2.75, 3.05) is 17.7 Å². The first kappa shape index (κ1) is 20.3. The van der Waals surface area contributed by atoms with Gasteiger partial charge in [-0.1, -0.05) is 11.6 Å². The van der Waals surface area contributed by atoms with Crippen LogP contribution in [0.15, 0.2) is 42.5 Å². The van der Waals surface area contributed by atoms with Crippen LogP contribution in [-0.2, 0) is 9.59 Å². The lowest BCUT2D eigenvalue weighted by molar-refractivity contribution is -0.384. The van der Waals surface area contributed by atoms with E-state index in [2.05, 4.69) is 20.7 Å². The molecule has 3 aromatic rings. The highest BCUT2D eigenvalue weighted by molar-refractivity contribution is 6.30. The predicted octanol–water partition coefficient (Wildman–Crippen LogP) is 3.04. The third-order valence-corrected chi connectivity index (χ3v) is 4.87. The molecule has 1 aromatic heterocycles. The van der Waals surface area contributed by atoms with Crippen LogP contribution in [-0.4, -0.2) is 38.6 Å². The van der Waals surface area contributed by atoms with Crippen LogP contribution < -0.4 is 15.4 Å². The maximum atomic E-state index is 12.6. The second kappa shape index (κ2) is 8.03. The number of amides is 2. The molecule has 1 atom stereocenters. The summed E-state index contributed by atoms with van der Waals surface area (Å²) >= 11 is 5.90. The van der Waals surface area contributed by atoms with Crippen molar-refractivity contribution in [3.8, 4) is 17.1 Å². The maximum absolute atomic E-state index is 12.6. The van der Waals surface area contributed by atoms with Gasteiger partial charge < -0.3 is 10.1 Å². The van der Waals surface area contributed by atoms with Gasteiger partial charge in [0.2, 0.25) is 11.9 Å². The average molecular weight is 443 g/mol. The largest absolute Gasteiger partial charge is 0.494 e. The standard InChI is InChI=1S/C19H15ClN6O5/c1-31-15-8-12(26(29)30)6-7-13(15)21-16(27)9-14-18(28)23-19-22-17(24-25(14)19)10-2-4-11(20)5-3-10/h2-8,14H,9H2,1H3,(H,21,27)(H,22,23,24,28)/t14-/m0/s1. The molecule has 0 radical (unpaired) electrons. The maximum Gasteiger partial charge on any atom is 0.273 e. The zero-order chi connectivity index (χ0) is 22.1. The van der Waals surface area contributed by atoms with E-state index in [1.165, 1.54) is 30.0 Å². The number of benzene rings is 2. The fraction of sp³-hybridized carbons (Fsp3) is 0.158. The number of halogens is 1. The van der Waals surface area contributed by atoms with Crippen molar-refractivity contribution < 1.29 is 19.2 Å². The number of carbonyl (C=O) groups is 2. The number of hydrogen-bond acceptors (Lipinski definition) is 7. The van der Waals surface area contributed by atoms with Crippen molar-refractivity contribution in [1.82, 2.24) is 14.8 Å². The second-order valence-electron chi connectivity index (χ2n) is 6.61. The molecule has 0 bridgehead atoms. The summed E-state index contributed by atoms with van der Waals surface area (Å²) < 4.78 is 6.47. The molecule has 1 aliphatic heterocycles. The molecule has 4 rings (SSSR count). The predicted molar refractivity (Wildman–Crippen MR) is 111 cm³/mol. The lowest BCUT2D eigenvalue weighted by Crippen LogP contribution is -2.24. The molecule has 0 unspecified atom stereocenters. The van der Waals surface area contributed by atoms with Crippen molar-refractivity contribution in [2.24, 2.45) is 0 Å². The lowest BCUT2D eigenvalue weighted by Gasteiger charge is -2.12. The molecule has 0 saturated heterocycles. The molecule has 31 heavy (non-hydrogen) atoms. The second-order valence-corrected chi connectivity index (χ2v) is 7.05. The highest BCUT2D eigenvalue weighted by Crippen LogP contribution is 2.31. The van der Waals surface area contributed by atoms with Gasteiger partial charge >= 0.3 is 0 Å². The van der Waals surface area contributed by atoms with Gasteiger partial charge in [0, 0.05) is 16.7 Å².